The summed E-state index contributed by atoms with van der Waals surface area (Å²) in [6.07, 6.45) is 0. The first-order valence-corrected chi connectivity index (χ1v) is 9.43. The van der Waals surface area contributed by atoms with Gasteiger partial charge < -0.3 is 14.4 Å². The van der Waals surface area contributed by atoms with Crippen molar-refractivity contribution in [1.29, 1.82) is 0 Å². The van der Waals surface area contributed by atoms with Crippen LogP contribution in [0.25, 0.3) is 22.5 Å². The normalized spacial score (nSPS) is 14.4. The molecule has 0 saturated carbocycles. The fourth-order valence-corrected chi connectivity index (χ4v) is 3.52. The molecule has 1 saturated heterocycles. The molecule has 7 heteroatoms. The van der Waals surface area contributed by atoms with Gasteiger partial charge in [0.25, 0.3) is 0 Å². The minimum Gasteiger partial charge on any atom is -0.497 e. The van der Waals surface area contributed by atoms with Gasteiger partial charge in [-0.3, -0.25) is 4.68 Å². The van der Waals surface area contributed by atoms with Crippen LogP contribution in [0.15, 0.2) is 30.3 Å². The third-order valence-electron chi connectivity index (χ3n) is 5.16. The maximum atomic E-state index is 5.49. The summed E-state index contributed by atoms with van der Waals surface area (Å²) in [5.41, 5.74) is 5.92. The minimum absolute atomic E-state index is 0.691. The number of aryl methyl sites for hydroxylation is 2. The van der Waals surface area contributed by atoms with E-state index in [0.717, 1.165) is 58.7 Å². The van der Waals surface area contributed by atoms with E-state index >= 15 is 0 Å². The van der Waals surface area contributed by atoms with E-state index in [2.05, 4.69) is 16.9 Å². The van der Waals surface area contributed by atoms with Crippen LogP contribution in [0.1, 0.15) is 11.4 Å². The average molecular weight is 379 g/mol. The number of hydrogen-bond acceptors (Lipinski definition) is 6. The molecule has 1 aliphatic rings. The van der Waals surface area contributed by atoms with Crippen LogP contribution in [0.4, 0.5) is 5.95 Å². The minimum atomic E-state index is 0.691. The standard InChI is InChI=1S/C21H25N5O2/c1-14-20(15(2)25(3)24-14)19-13-18(16-5-7-17(27-4)8-6-16)22-21(23-19)26-9-11-28-12-10-26/h5-8,13H,9-12H2,1-4H3. The van der Waals surface area contributed by atoms with Crippen LogP contribution < -0.4 is 9.64 Å². The molecule has 4 rings (SSSR count). The molecule has 0 radical (unpaired) electrons. The van der Waals surface area contributed by atoms with Gasteiger partial charge in [0.1, 0.15) is 5.75 Å². The van der Waals surface area contributed by atoms with Gasteiger partial charge >= 0.3 is 0 Å². The lowest BCUT2D eigenvalue weighted by molar-refractivity contribution is 0.122. The van der Waals surface area contributed by atoms with E-state index in [4.69, 9.17) is 19.4 Å². The Morgan fingerprint density at radius 2 is 1.68 bits per heavy atom. The first-order chi connectivity index (χ1) is 13.6. The number of methoxy groups -OCH3 is 1. The van der Waals surface area contributed by atoms with Crippen LogP contribution in [-0.4, -0.2) is 53.2 Å². The molecule has 0 atom stereocenters. The molecule has 7 nitrogen and oxygen atoms in total. The maximum Gasteiger partial charge on any atom is 0.226 e. The number of aromatic nitrogens is 4. The molecule has 146 valence electrons. The first-order valence-electron chi connectivity index (χ1n) is 9.43. The lowest BCUT2D eigenvalue weighted by atomic mass is 10.1. The Bertz CT molecular complexity index is 975. The highest BCUT2D eigenvalue weighted by molar-refractivity contribution is 5.72. The maximum absolute atomic E-state index is 5.49. The van der Waals surface area contributed by atoms with Gasteiger partial charge in [-0.1, -0.05) is 0 Å². The van der Waals surface area contributed by atoms with E-state index in [9.17, 15) is 0 Å². The topological polar surface area (TPSA) is 65.3 Å². The average Bonchev–Trinajstić information content (AvgIpc) is 2.99. The second-order valence-corrected chi connectivity index (χ2v) is 6.94. The second-order valence-electron chi connectivity index (χ2n) is 6.94. The summed E-state index contributed by atoms with van der Waals surface area (Å²) >= 11 is 0. The Morgan fingerprint density at radius 1 is 1.00 bits per heavy atom. The van der Waals surface area contributed by atoms with Crippen LogP contribution in [-0.2, 0) is 11.8 Å². The molecule has 0 unspecified atom stereocenters. The van der Waals surface area contributed by atoms with Gasteiger partial charge in [-0.05, 0) is 44.2 Å². The highest BCUT2D eigenvalue weighted by Crippen LogP contribution is 2.31. The molecule has 1 aromatic carbocycles. The highest BCUT2D eigenvalue weighted by Gasteiger charge is 2.20. The zero-order valence-corrected chi connectivity index (χ0v) is 16.8. The van der Waals surface area contributed by atoms with Crippen LogP contribution in [0.2, 0.25) is 0 Å². The number of morpholine rings is 1. The number of nitrogens with zero attached hydrogens (tertiary/aromatic N) is 5. The molecule has 0 amide bonds. The summed E-state index contributed by atoms with van der Waals surface area (Å²) < 4.78 is 12.7. The van der Waals surface area contributed by atoms with E-state index in [1.54, 1.807) is 7.11 Å². The molecular formula is C21H25N5O2. The van der Waals surface area contributed by atoms with E-state index in [1.807, 2.05) is 49.0 Å². The summed E-state index contributed by atoms with van der Waals surface area (Å²) in [4.78, 5) is 12.0. The van der Waals surface area contributed by atoms with Crippen molar-refractivity contribution in [3.05, 3.63) is 41.7 Å². The molecule has 1 fully saturated rings. The Kier molecular flexibility index (Phi) is 5.00. The van der Waals surface area contributed by atoms with Gasteiger partial charge in [0.05, 0.1) is 37.4 Å². The van der Waals surface area contributed by atoms with Crippen LogP contribution in [0.3, 0.4) is 0 Å². The van der Waals surface area contributed by atoms with E-state index in [0.29, 0.717) is 13.2 Å². The fourth-order valence-electron chi connectivity index (χ4n) is 3.52. The number of rotatable bonds is 4. The SMILES string of the molecule is COc1ccc(-c2cc(-c3c(C)nn(C)c3C)nc(N3CCOCC3)n2)cc1. The van der Waals surface area contributed by atoms with Gasteiger partial charge in [0, 0.05) is 37.0 Å². The molecule has 3 aromatic rings. The van der Waals surface area contributed by atoms with Gasteiger partial charge in [0.15, 0.2) is 0 Å². The van der Waals surface area contributed by atoms with Gasteiger partial charge in [-0.2, -0.15) is 5.10 Å². The van der Waals surface area contributed by atoms with Crippen molar-refractivity contribution < 1.29 is 9.47 Å². The lowest BCUT2D eigenvalue weighted by Crippen LogP contribution is -2.37. The number of hydrogen-bond donors (Lipinski definition) is 0. The summed E-state index contributed by atoms with van der Waals surface area (Å²) in [7, 11) is 3.63. The number of benzene rings is 1. The Labute approximate surface area is 164 Å². The predicted octanol–water partition coefficient (Wildman–Crippen LogP) is 3.01. The molecule has 28 heavy (non-hydrogen) atoms. The monoisotopic (exact) mass is 379 g/mol. The Balaban J connectivity index is 1.85. The fraction of sp³-hybridized carbons (Fsp3) is 0.381. The lowest BCUT2D eigenvalue weighted by Gasteiger charge is -2.27. The molecular weight excluding hydrogens is 354 g/mol. The van der Waals surface area contributed by atoms with Crippen molar-refractivity contribution in [2.24, 2.45) is 7.05 Å². The molecule has 2 aromatic heterocycles. The van der Waals surface area contributed by atoms with Gasteiger partial charge in [-0.25, -0.2) is 9.97 Å². The molecule has 0 bridgehead atoms. The third kappa shape index (κ3) is 3.45. The van der Waals surface area contributed by atoms with Crippen LogP contribution in [0.5, 0.6) is 5.75 Å². The Morgan fingerprint density at radius 3 is 2.29 bits per heavy atom. The van der Waals surface area contributed by atoms with Crippen molar-refractivity contribution >= 4 is 5.95 Å². The summed E-state index contributed by atoms with van der Waals surface area (Å²) in [5, 5.41) is 4.56. The summed E-state index contributed by atoms with van der Waals surface area (Å²) in [5.74, 6) is 1.56. The van der Waals surface area contributed by atoms with E-state index in [-0.39, 0.29) is 0 Å². The number of ether oxygens (including phenoxy) is 2. The zero-order chi connectivity index (χ0) is 19.7. The largest absolute Gasteiger partial charge is 0.497 e. The highest BCUT2D eigenvalue weighted by atomic mass is 16.5. The smallest absolute Gasteiger partial charge is 0.226 e. The first kappa shape index (κ1) is 18.4. The van der Waals surface area contributed by atoms with Crippen molar-refractivity contribution in [1.82, 2.24) is 19.7 Å². The van der Waals surface area contributed by atoms with Crippen molar-refractivity contribution in [3.8, 4) is 28.3 Å². The van der Waals surface area contributed by atoms with E-state index < -0.39 is 0 Å². The quantitative estimate of drug-likeness (QED) is 0.694. The zero-order valence-electron chi connectivity index (χ0n) is 16.8. The van der Waals surface area contributed by atoms with Crippen molar-refractivity contribution in [2.75, 3.05) is 38.3 Å². The predicted molar refractivity (Wildman–Crippen MR) is 109 cm³/mol. The summed E-state index contributed by atoms with van der Waals surface area (Å²) in [6.45, 7) is 7.05. The second kappa shape index (κ2) is 7.59. The number of anilines is 1. The molecule has 3 heterocycles. The Hall–Kier alpha value is -2.93. The van der Waals surface area contributed by atoms with Crippen LogP contribution >= 0.6 is 0 Å². The molecule has 0 N–H and O–H groups in total. The third-order valence-corrected chi connectivity index (χ3v) is 5.16. The van der Waals surface area contributed by atoms with Crippen molar-refractivity contribution in [3.63, 3.8) is 0 Å². The van der Waals surface area contributed by atoms with E-state index in [1.165, 1.54) is 0 Å². The van der Waals surface area contributed by atoms with Crippen LogP contribution in [0, 0.1) is 13.8 Å². The summed E-state index contributed by atoms with van der Waals surface area (Å²) in [6, 6.07) is 9.99. The van der Waals surface area contributed by atoms with Crippen molar-refractivity contribution in [2.45, 2.75) is 13.8 Å². The van der Waals surface area contributed by atoms with Gasteiger partial charge in [-0.15, -0.1) is 0 Å². The van der Waals surface area contributed by atoms with Gasteiger partial charge in [0.2, 0.25) is 5.95 Å². The molecule has 0 aliphatic carbocycles. The molecule has 1 aliphatic heterocycles. The molecule has 0 spiro atoms.